The van der Waals surface area contributed by atoms with Crippen molar-refractivity contribution >= 4 is 16.9 Å². The number of carbonyl (C=O) groups excluding carboxylic acids is 1. The lowest BCUT2D eigenvalue weighted by Crippen LogP contribution is -2.31. The second-order valence-electron chi connectivity index (χ2n) is 5.88. The molecular weight excluding hydrogens is 350 g/mol. The number of likely N-dealkylation sites (N-methyl/N-ethyl adjacent to an activating group) is 1. The predicted octanol–water partition coefficient (Wildman–Crippen LogP) is 3.85. The van der Waals surface area contributed by atoms with Gasteiger partial charge in [0, 0.05) is 13.6 Å². The summed E-state index contributed by atoms with van der Waals surface area (Å²) < 4.78 is 53.7. The molecule has 8 heteroatoms. The third-order valence-corrected chi connectivity index (χ3v) is 3.96. The molecular formula is C18H15F4N3O. The van der Waals surface area contributed by atoms with Crippen LogP contribution in [0.15, 0.2) is 48.5 Å². The Bertz CT molecular complexity index is 932. The minimum absolute atomic E-state index is 0.160. The number of hydrogen-bond donors (Lipinski definition) is 0. The topological polar surface area (TPSA) is 38.1 Å². The Labute approximate surface area is 146 Å². The second-order valence-corrected chi connectivity index (χ2v) is 5.88. The maximum Gasteiger partial charge on any atom is 0.449 e. The van der Waals surface area contributed by atoms with Gasteiger partial charge < -0.3 is 9.47 Å². The van der Waals surface area contributed by atoms with Crippen molar-refractivity contribution in [2.45, 2.75) is 19.3 Å². The largest absolute Gasteiger partial charge is 0.449 e. The number of amides is 1. The number of carbonyl (C=O) groups is 1. The summed E-state index contributed by atoms with van der Waals surface area (Å²) in [5, 5.41) is 0. The van der Waals surface area contributed by atoms with Gasteiger partial charge in [-0.15, -0.1) is 0 Å². The van der Waals surface area contributed by atoms with Crippen molar-refractivity contribution in [2.24, 2.45) is 0 Å². The Morgan fingerprint density at radius 1 is 1.12 bits per heavy atom. The van der Waals surface area contributed by atoms with Crippen molar-refractivity contribution in [3.05, 3.63) is 65.7 Å². The van der Waals surface area contributed by atoms with Gasteiger partial charge in [0.1, 0.15) is 12.4 Å². The number of rotatable bonds is 4. The molecule has 0 fully saturated rings. The lowest BCUT2D eigenvalue weighted by molar-refractivity contribution is -0.148. The van der Waals surface area contributed by atoms with Gasteiger partial charge in [-0.05, 0) is 29.8 Å². The number of para-hydroxylation sites is 2. The number of fused-ring (bicyclic) bond motifs is 1. The molecule has 0 aliphatic rings. The summed E-state index contributed by atoms with van der Waals surface area (Å²) in [6.45, 7) is -0.333. The fourth-order valence-electron chi connectivity index (χ4n) is 2.66. The van der Waals surface area contributed by atoms with Crippen LogP contribution in [0.25, 0.3) is 11.0 Å². The van der Waals surface area contributed by atoms with Gasteiger partial charge >= 0.3 is 6.18 Å². The molecule has 0 saturated carbocycles. The number of alkyl halides is 3. The zero-order valence-corrected chi connectivity index (χ0v) is 13.8. The van der Waals surface area contributed by atoms with E-state index in [1.165, 1.54) is 48.3 Å². The zero-order chi connectivity index (χ0) is 18.9. The van der Waals surface area contributed by atoms with Gasteiger partial charge in [0.2, 0.25) is 11.7 Å². The maximum atomic E-state index is 13.3. The number of nitrogens with zero attached hydrogens (tertiary/aromatic N) is 3. The molecule has 1 aromatic heterocycles. The van der Waals surface area contributed by atoms with Crippen LogP contribution in [0.4, 0.5) is 17.6 Å². The minimum atomic E-state index is -4.67. The van der Waals surface area contributed by atoms with Gasteiger partial charge in [-0.25, -0.2) is 9.37 Å². The first-order valence-corrected chi connectivity index (χ1v) is 7.76. The summed E-state index contributed by atoms with van der Waals surface area (Å²) in [7, 11) is 1.48. The molecule has 0 unspecified atom stereocenters. The summed E-state index contributed by atoms with van der Waals surface area (Å²) in [4.78, 5) is 17.3. The predicted molar refractivity (Wildman–Crippen MR) is 87.6 cm³/mol. The van der Waals surface area contributed by atoms with Crippen LogP contribution >= 0.6 is 0 Å². The molecule has 2 aromatic carbocycles. The molecule has 136 valence electrons. The third kappa shape index (κ3) is 3.68. The van der Waals surface area contributed by atoms with Crippen molar-refractivity contribution in [2.75, 3.05) is 7.05 Å². The quantitative estimate of drug-likeness (QED) is 0.659. The van der Waals surface area contributed by atoms with Crippen LogP contribution in [0.5, 0.6) is 0 Å². The molecule has 0 aliphatic carbocycles. The fraction of sp³-hybridized carbons (Fsp3) is 0.222. The third-order valence-electron chi connectivity index (χ3n) is 3.96. The van der Waals surface area contributed by atoms with Crippen LogP contribution < -0.4 is 0 Å². The highest BCUT2D eigenvalue weighted by molar-refractivity contribution is 5.81. The second kappa shape index (κ2) is 6.78. The van der Waals surface area contributed by atoms with E-state index in [9.17, 15) is 22.4 Å². The molecule has 0 spiro atoms. The van der Waals surface area contributed by atoms with E-state index in [0.717, 1.165) is 4.57 Å². The van der Waals surface area contributed by atoms with Gasteiger partial charge in [0.15, 0.2) is 0 Å². The van der Waals surface area contributed by atoms with Crippen molar-refractivity contribution in [1.29, 1.82) is 0 Å². The van der Waals surface area contributed by atoms with Gasteiger partial charge in [0.05, 0.1) is 11.0 Å². The van der Waals surface area contributed by atoms with Crippen molar-refractivity contribution in [3.63, 3.8) is 0 Å². The van der Waals surface area contributed by atoms with Crippen molar-refractivity contribution in [3.8, 4) is 0 Å². The van der Waals surface area contributed by atoms with Crippen LogP contribution in [0.3, 0.4) is 0 Å². The molecule has 3 aromatic rings. The van der Waals surface area contributed by atoms with E-state index in [0.29, 0.717) is 5.56 Å². The van der Waals surface area contributed by atoms with E-state index in [-0.39, 0.29) is 17.6 Å². The van der Waals surface area contributed by atoms with E-state index in [1.54, 1.807) is 12.1 Å². The Balaban J connectivity index is 1.85. The van der Waals surface area contributed by atoms with E-state index in [2.05, 4.69) is 4.98 Å². The monoisotopic (exact) mass is 365 g/mol. The lowest BCUT2D eigenvalue weighted by Gasteiger charge is -2.19. The molecule has 26 heavy (non-hydrogen) atoms. The van der Waals surface area contributed by atoms with Crippen molar-refractivity contribution in [1.82, 2.24) is 14.5 Å². The van der Waals surface area contributed by atoms with Crippen LogP contribution in [-0.4, -0.2) is 27.4 Å². The van der Waals surface area contributed by atoms with E-state index in [1.807, 2.05) is 0 Å². The summed E-state index contributed by atoms with van der Waals surface area (Å²) >= 11 is 0. The van der Waals surface area contributed by atoms with E-state index in [4.69, 9.17) is 0 Å². The molecule has 0 saturated heterocycles. The highest BCUT2D eigenvalue weighted by Crippen LogP contribution is 2.31. The highest BCUT2D eigenvalue weighted by Gasteiger charge is 2.38. The molecule has 0 radical (unpaired) electrons. The van der Waals surface area contributed by atoms with Gasteiger partial charge in [-0.2, -0.15) is 13.2 Å². The van der Waals surface area contributed by atoms with Gasteiger partial charge in [-0.3, -0.25) is 4.79 Å². The summed E-state index contributed by atoms with van der Waals surface area (Å²) in [6.07, 6.45) is -4.67. The van der Waals surface area contributed by atoms with E-state index >= 15 is 0 Å². The van der Waals surface area contributed by atoms with Crippen LogP contribution in [0.1, 0.15) is 11.4 Å². The Morgan fingerprint density at radius 3 is 2.42 bits per heavy atom. The molecule has 0 bridgehead atoms. The molecule has 1 heterocycles. The normalized spacial score (nSPS) is 11.7. The SMILES string of the molecule is CN(Cc1ccc(F)cc1)C(=O)Cn1c(C(F)(F)F)nc2ccccc21. The number of hydrogen-bond acceptors (Lipinski definition) is 2. The molecule has 0 aliphatic heterocycles. The Morgan fingerprint density at radius 2 is 1.77 bits per heavy atom. The van der Waals surface area contributed by atoms with Gasteiger partial charge in [0.25, 0.3) is 0 Å². The van der Waals surface area contributed by atoms with Crippen molar-refractivity contribution < 1.29 is 22.4 Å². The number of benzene rings is 2. The molecule has 0 atom stereocenters. The summed E-state index contributed by atoms with van der Waals surface area (Å²) in [5.41, 5.74) is 1.09. The first-order chi connectivity index (χ1) is 12.3. The van der Waals surface area contributed by atoms with E-state index < -0.39 is 30.3 Å². The lowest BCUT2D eigenvalue weighted by atomic mass is 10.2. The fourth-order valence-corrected chi connectivity index (χ4v) is 2.66. The smallest absolute Gasteiger partial charge is 0.340 e. The van der Waals surface area contributed by atoms with Crippen LogP contribution in [0, 0.1) is 5.82 Å². The number of halogens is 4. The minimum Gasteiger partial charge on any atom is -0.340 e. The number of aromatic nitrogens is 2. The summed E-state index contributed by atoms with van der Waals surface area (Å²) in [5.74, 6) is -2.02. The molecule has 4 nitrogen and oxygen atoms in total. The zero-order valence-electron chi connectivity index (χ0n) is 13.8. The first-order valence-electron chi connectivity index (χ1n) is 7.76. The first kappa shape index (κ1) is 17.9. The average Bonchev–Trinajstić information content (AvgIpc) is 2.96. The van der Waals surface area contributed by atoms with Gasteiger partial charge in [-0.1, -0.05) is 24.3 Å². The Kier molecular flexibility index (Phi) is 4.67. The molecule has 1 amide bonds. The molecule has 0 N–H and O–H groups in total. The standard InChI is InChI=1S/C18H15F4N3O/c1-24(10-12-6-8-13(19)9-7-12)16(26)11-25-15-5-3-2-4-14(15)23-17(25)18(20,21)22/h2-9H,10-11H2,1H3. The average molecular weight is 365 g/mol. The van der Waals surface area contributed by atoms with Crippen LogP contribution in [-0.2, 0) is 24.1 Å². The Hall–Kier alpha value is -2.90. The van der Waals surface area contributed by atoms with Crippen LogP contribution in [0.2, 0.25) is 0 Å². The summed E-state index contributed by atoms with van der Waals surface area (Å²) in [6, 6.07) is 11.7. The maximum absolute atomic E-state index is 13.3. The molecule has 3 rings (SSSR count). The number of imidazole rings is 1. The highest BCUT2D eigenvalue weighted by atomic mass is 19.4.